The van der Waals surface area contributed by atoms with Crippen LogP contribution in [0.25, 0.3) is 0 Å². The number of carbonyl (C=O) groups is 1. The summed E-state index contributed by atoms with van der Waals surface area (Å²) in [6, 6.07) is 4.07. The van der Waals surface area contributed by atoms with Gasteiger partial charge in [-0.2, -0.15) is 0 Å². The summed E-state index contributed by atoms with van der Waals surface area (Å²) in [6.07, 6.45) is 0.0566. The number of ether oxygens (including phenoxy) is 1. The predicted octanol–water partition coefficient (Wildman–Crippen LogP) is 2.05. The van der Waals surface area contributed by atoms with E-state index < -0.39 is 10.0 Å². The minimum Gasteiger partial charge on any atom is -0.378 e. The van der Waals surface area contributed by atoms with E-state index >= 15 is 0 Å². The quantitative estimate of drug-likeness (QED) is 0.769. The number of halogens is 2. The molecule has 140 valence electrons. The third kappa shape index (κ3) is 4.63. The van der Waals surface area contributed by atoms with E-state index in [1.54, 1.807) is 4.90 Å². The summed E-state index contributed by atoms with van der Waals surface area (Å²) in [5, 5.41) is 8.46. The van der Waals surface area contributed by atoms with E-state index in [1.807, 2.05) is 0 Å². The second-order valence-corrected chi connectivity index (χ2v) is 8.91. The number of rotatable bonds is 5. The summed E-state index contributed by atoms with van der Waals surface area (Å²) in [5.74, 6) is -0.0976. The summed E-state index contributed by atoms with van der Waals surface area (Å²) in [7, 11) is -3.94. The van der Waals surface area contributed by atoms with Gasteiger partial charge in [-0.1, -0.05) is 34.5 Å². The molecule has 1 N–H and O–H groups in total. The number of nitrogens with one attached hydrogen (secondary N) is 1. The summed E-state index contributed by atoms with van der Waals surface area (Å²) in [4.78, 5) is 13.8. The third-order valence-electron chi connectivity index (χ3n) is 3.54. The molecule has 0 radical (unpaired) electrons. The van der Waals surface area contributed by atoms with Crippen molar-refractivity contribution in [3.63, 3.8) is 0 Å². The van der Waals surface area contributed by atoms with Gasteiger partial charge in [0.2, 0.25) is 11.0 Å². The molecule has 26 heavy (non-hydrogen) atoms. The molecule has 0 unspecified atom stereocenters. The van der Waals surface area contributed by atoms with Crippen LogP contribution in [0.2, 0.25) is 10.0 Å². The maximum atomic E-state index is 12.4. The Morgan fingerprint density at radius 3 is 2.69 bits per heavy atom. The van der Waals surface area contributed by atoms with Crippen molar-refractivity contribution in [3.05, 3.63) is 33.3 Å². The number of carbonyl (C=O) groups excluding carboxylic acids is 1. The molecule has 0 spiro atoms. The number of amides is 1. The predicted molar refractivity (Wildman–Crippen MR) is 98.3 cm³/mol. The zero-order valence-corrected chi connectivity index (χ0v) is 16.5. The van der Waals surface area contributed by atoms with Gasteiger partial charge in [-0.15, -0.1) is 10.2 Å². The van der Waals surface area contributed by atoms with E-state index in [0.29, 0.717) is 36.3 Å². The van der Waals surface area contributed by atoms with Crippen molar-refractivity contribution < 1.29 is 17.9 Å². The SMILES string of the molecule is O=C(Cc1nnc(NS(=O)(=O)c2ccc(Cl)cc2Cl)s1)N1CCOCC1. The molecule has 2 heterocycles. The molecule has 0 aliphatic carbocycles. The molecule has 1 aliphatic heterocycles. The van der Waals surface area contributed by atoms with Gasteiger partial charge < -0.3 is 9.64 Å². The minimum absolute atomic E-state index is 0.00256. The molecule has 1 aromatic heterocycles. The zero-order chi connectivity index (χ0) is 18.7. The van der Waals surface area contributed by atoms with Crippen molar-refractivity contribution in [2.75, 3.05) is 31.0 Å². The molecule has 2 aromatic rings. The lowest BCUT2D eigenvalue weighted by molar-refractivity contribution is -0.134. The highest BCUT2D eigenvalue weighted by Crippen LogP contribution is 2.27. The number of anilines is 1. The standard InChI is InChI=1S/C14H14Cl2N4O4S2/c15-9-1-2-11(10(16)7-9)26(22,23)19-14-18-17-12(25-14)8-13(21)20-3-5-24-6-4-20/h1-2,7H,3-6,8H2,(H,18,19). The van der Waals surface area contributed by atoms with Crippen LogP contribution in [0.3, 0.4) is 0 Å². The molecule has 0 saturated carbocycles. The van der Waals surface area contributed by atoms with E-state index in [0.717, 1.165) is 11.3 Å². The highest BCUT2D eigenvalue weighted by molar-refractivity contribution is 7.93. The Hall–Kier alpha value is -1.46. The first-order valence-electron chi connectivity index (χ1n) is 7.51. The fourth-order valence-corrected chi connectivity index (χ4v) is 5.02. The van der Waals surface area contributed by atoms with Crippen LogP contribution in [-0.4, -0.2) is 55.7 Å². The molecular weight excluding hydrogens is 423 g/mol. The van der Waals surface area contributed by atoms with Gasteiger partial charge in [0.1, 0.15) is 9.90 Å². The van der Waals surface area contributed by atoms with E-state index in [1.165, 1.54) is 18.2 Å². The van der Waals surface area contributed by atoms with Gasteiger partial charge in [-0.05, 0) is 18.2 Å². The van der Waals surface area contributed by atoms with Gasteiger partial charge in [0.25, 0.3) is 10.0 Å². The number of morpholine rings is 1. The van der Waals surface area contributed by atoms with Gasteiger partial charge in [-0.25, -0.2) is 8.42 Å². The van der Waals surface area contributed by atoms with Crippen LogP contribution in [0.5, 0.6) is 0 Å². The molecule has 1 fully saturated rings. The average Bonchev–Trinajstić information content (AvgIpc) is 3.01. The normalized spacial score (nSPS) is 15.1. The van der Waals surface area contributed by atoms with Gasteiger partial charge in [0, 0.05) is 18.1 Å². The second kappa shape index (κ2) is 8.05. The number of aromatic nitrogens is 2. The number of sulfonamides is 1. The first-order valence-corrected chi connectivity index (χ1v) is 10.6. The summed E-state index contributed by atoms with van der Waals surface area (Å²) < 4.78 is 32.4. The van der Waals surface area contributed by atoms with Crippen LogP contribution in [0.15, 0.2) is 23.1 Å². The monoisotopic (exact) mass is 436 g/mol. The summed E-state index contributed by atoms with van der Waals surface area (Å²) in [5.41, 5.74) is 0. The maximum Gasteiger partial charge on any atom is 0.265 e. The van der Waals surface area contributed by atoms with Gasteiger partial charge in [-0.3, -0.25) is 9.52 Å². The Morgan fingerprint density at radius 1 is 1.27 bits per heavy atom. The molecule has 1 aliphatic rings. The maximum absolute atomic E-state index is 12.4. The lowest BCUT2D eigenvalue weighted by atomic mass is 10.3. The first kappa shape index (κ1) is 19.3. The van der Waals surface area contributed by atoms with E-state index in [4.69, 9.17) is 27.9 Å². The van der Waals surface area contributed by atoms with Gasteiger partial charge in [0.05, 0.1) is 24.7 Å². The van der Waals surface area contributed by atoms with Crippen molar-refractivity contribution in [1.82, 2.24) is 15.1 Å². The second-order valence-electron chi connectivity index (χ2n) is 5.35. The van der Waals surface area contributed by atoms with Crippen molar-refractivity contribution in [1.29, 1.82) is 0 Å². The number of nitrogens with zero attached hydrogens (tertiary/aromatic N) is 3. The summed E-state index contributed by atoms with van der Waals surface area (Å²) in [6.45, 7) is 2.09. The molecule has 1 saturated heterocycles. The van der Waals surface area contributed by atoms with Crippen LogP contribution < -0.4 is 4.72 Å². The van der Waals surface area contributed by atoms with Crippen molar-refractivity contribution in [3.8, 4) is 0 Å². The highest BCUT2D eigenvalue weighted by Gasteiger charge is 2.22. The van der Waals surface area contributed by atoms with Crippen LogP contribution >= 0.6 is 34.5 Å². The van der Waals surface area contributed by atoms with Crippen LogP contribution in [0, 0.1) is 0 Å². The fraction of sp³-hybridized carbons (Fsp3) is 0.357. The van der Waals surface area contributed by atoms with Gasteiger partial charge >= 0.3 is 0 Å². The van der Waals surface area contributed by atoms with Gasteiger partial charge in [0.15, 0.2) is 0 Å². The van der Waals surface area contributed by atoms with Crippen LogP contribution in [-0.2, 0) is 26.0 Å². The molecular formula is C14H14Cl2N4O4S2. The molecule has 12 heteroatoms. The van der Waals surface area contributed by atoms with E-state index in [9.17, 15) is 13.2 Å². The molecule has 8 nitrogen and oxygen atoms in total. The lowest BCUT2D eigenvalue weighted by Crippen LogP contribution is -2.41. The number of hydrogen-bond acceptors (Lipinski definition) is 7. The molecule has 1 amide bonds. The lowest BCUT2D eigenvalue weighted by Gasteiger charge is -2.26. The summed E-state index contributed by atoms with van der Waals surface area (Å²) >= 11 is 12.7. The smallest absolute Gasteiger partial charge is 0.265 e. The van der Waals surface area contributed by atoms with Crippen LogP contribution in [0.1, 0.15) is 5.01 Å². The minimum atomic E-state index is -3.94. The third-order valence-corrected chi connectivity index (χ3v) is 6.56. The number of benzene rings is 1. The van der Waals surface area contributed by atoms with Crippen molar-refractivity contribution in [2.45, 2.75) is 11.3 Å². The first-order chi connectivity index (χ1) is 12.3. The van der Waals surface area contributed by atoms with Crippen LogP contribution in [0.4, 0.5) is 5.13 Å². The van der Waals surface area contributed by atoms with E-state index in [2.05, 4.69) is 14.9 Å². The highest BCUT2D eigenvalue weighted by atomic mass is 35.5. The van der Waals surface area contributed by atoms with E-state index in [-0.39, 0.29) is 27.4 Å². The fourth-order valence-electron chi connectivity index (χ4n) is 2.28. The Bertz CT molecular complexity index is 913. The Labute approximate surface area is 164 Å². The molecule has 0 atom stereocenters. The Kier molecular flexibility index (Phi) is 5.98. The largest absolute Gasteiger partial charge is 0.378 e. The molecule has 3 rings (SSSR count). The van der Waals surface area contributed by atoms with Crippen molar-refractivity contribution >= 4 is 55.6 Å². The zero-order valence-electron chi connectivity index (χ0n) is 13.3. The topological polar surface area (TPSA) is 101 Å². The average molecular weight is 437 g/mol. The Morgan fingerprint density at radius 2 is 2.00 bits per heavy atom. The Balaban J connectivity index is 1.68. The molecule has 1 aromatic carbocycles. The van der Waals surface area contributed by atoms with Crippen molar-refractivity contribution in [2.24, 2.45) is 0 Å². The number of hydrogen-bond donors (Lipinski definition) is 1. The molecule has 0 bridgehead atoms.